The van der Waals surface area contributed by atoms with Gasteiger partial charge in [0.15, 0.2) is 0 Å². The van der Waals surface area contributed by atoms with Crippen molar-refractivity contribution in [3.05, 3.63) is 0 Å². The van der Waals surface area contributed by atoms with Crippen molar-refractivity contribution < 1.29 is 8.78 Å². The van der Waals surface area contributed by atoms with Gasteiger partial charge in [0.05, 0.1) is 6.54 Å². The maximum atomic E-state index is 12.9. The van der Waals surface area contributed by atoms with Crippen LogP contribution in [-0.4, -0.2) is 42.0 Å². The van der Waals surface area contributed by atoms with Gasteiger partial charge in [0.25, 0.3) is 6.43 Å². The minimum Gasteiger partial charge on any atom is -0.308 e. The van der Waals surface area contributed by atoms with Gasteiger partial charge in [-0.15, -0.1) is 0 Å². The van der Waals surface area contributed by atoms with Gasteiger partial charge in [-0.05, 0) is 25.7 Å². The first-order valence-electron chi connectivity index (χ1n) is 7.43. The zero-order chi connectivity index (χ0) is 12.6. The van der Waals surface area contributed by atoms with Gasteiger partial charge in [-0.2, -0.15) is 0 Å². The third kappa shape index (κ3) is 2.18. The highest BCUT2D eigenvalue weighted by molar-refractivity contribution is 5.08. The van der Waals surface area contributed by atoms with Crippen LogP contribution >= 0.6 is 0 Å². The molecule has 1 N–H and O–H groups in total. The fraction of sp³-hybridized carbons (Fsp3) is 1.00. The first kappa shape index (κ1) is 12.8. The van der Waals surface area contributed by atoms with E-state index in [0.717, 1.165) is 25.9 Å². The fourth-order valence-corrected chi connectivity index (χ4v) is 4.39. The second-order valence-corrected chi connectivity index (χ2v) is 6.54. The van der Waals surface area contributed by atoms with E-state index in [1.54, 1.807) is 0 Å². The molecule has 2 spiro atoms. The molecular weight excluding hydrogens is 234 g/mol. The van der Waals surface area contributed by atoms with E-state index < -0.39 is 6.43 Å². The van der Waals surface area contributed by atoms with E-state index in [4.69, 9.17) is 0 Å². The van der Waals surface area contributed by atoms with Crippen LogP contribution in [0.1, 0.15) is 51.4 Å². The molecular formula is C14H24F2N2. The molecule has 0 radical (unpaired) electrons. The highest BCUT2D eigenvalue weighted by Gasteiger charge is 2.49. The molecule has 3 rings (SSSR count). The van der Waals surface area contributed by atoms with Crippen LogP contribution < -0.4 is 5.32 Å². The third-order valence-corrected chi connectivity index (χ3v) is 5.41. The van der Waals surface area contributed by atoms with Crippen LogP contribution in [-0.2, 0) is 0 Å². The average molecular weight is 258 g/mol. The van der Waals surface area contributed by atoms with Crippen LogP contribution in [0, 0.1) is 0 Å². The van der Waals surface area contributed by atoms with E-state index in [1.165, 1.54) is 38.5 Å². The van der Waals surface area contributed by atoms with Crippen LogP contribution in [0.2, 0.25) is 0 Å². The molecule has 3 fully saturated rings. The van der Waals surface area contributed by atoms with E-state index in [9.17, 15) is 8.78 Å². The molecule has 1 aliphatic heterocycles. The first-order chi connectivity index (χ1) is 8.64. The molecule has 1 heterocycles. The molecule has 0 aromatic rings. The molecule has 0 unspecified atom stereocenters. The van der Waals surface area contributed by atoms with Gasteiger partial charge in [-0.25, -0.2) is 8.78 Å². The SMILES string of the molecule is FC(F)CN1CC2(CCCC2)NCC12CCCC2. The van der Waals surface area contributed by atoms with Crippen molar-refractivity contribution in [3.63, 3.8) is 0 Å². The summed E-state index contributed by atoms with van der Waals surface area (Å²) in [7, 11) is 0. The highest BCUT2D eigenvalue weighted by atomic mass is 19.3. The van der Waals surface area contributed by atoms with Gasteiger partial charge in [-0.3, -0.25) is 4.90 Å². The summed E-state index contributed by atoms with van der Waals surface area (Å²) >= 11 is 0. The Morgan fingerprint density at radius 2 is 1.61 bits per heavy atom. The van der Waals surface area contributed by atoms with Gasteiger partial charge in [-0.1, -0.05) is 25.7 Å². The molecule has 0 bridgehead atoms. The van der Waals surface area contributed by atoms with E-state index in [2.05, 4.69) is 10.2 Å². The van der Waals surface area contributed by atoms with Crippen molar-refractivity contribution in [1.29, 1.82) is 0 Å². The molecule has 2 aliphatic carbocycles. The molecule has 104 valence electrons. The lowest BCUT2D eigenvalue weighted by atomic mass is 9.84. The lowest BCUT2D eigenvalue weighted by molar-refractivity contribution is -0.0291. The first-order valence-corrected chi connectivity index (χ1v) is 7.43. The summed E-state index contributed by atoms with van der Waals surface area (Å²) in [6, 6.07) is 0. The van der Waals surface area contributed by atoms with Crippen molar-refractivity contribution in [2.45, 2.75) is 68.9 Å². The van der Waals surface area contributed by atoms with Crippen LogP contribution in [0.3, 0.4) is 0 Å². The monoisotopic (exact) mass is 258 g/mol. The Balaban J connectivity index is 1.77. The Morgan fingerprint density at radius 1 is 1.00 bits per heavy atom. The summed E-state index contributed by atoms with van der Waals surface area (Å²) < 4.78 is 25.7. The Kier molecular flexibility index (Phi) is 3.35. The molecule has 1 saturated heterocycles. The lowest BCUT2D eigenvalue weighted by Crippen LogP contribution is -2.69. The second-order valence-electron chi connectivity index (χ2n) is 6.54. The van der Waals surface area contributed by atoms with E-state index in [1.807, 2.05) is 0 Å². The van der Waals surface area contributed by atoms with Crippen molar-refractivity contribution >= 4 is 0 Å². The minimum atomic E-state index is -2.20. The molecule has 4 heteroatoms. The van der Waals surface area contributed by atoms with Crippen LogP contribution in [0.15, 0.2) is 0 Å². The number of hydrogen-bond donors (Lipinski definition) is 1. The van der Waals surface area contributed by atoms with Crippen LogP contribution in [0.25, 0.3) is 0 Å². The Labute approximate surface area is 108 Å². The molecule has 3 aliphatic rings. The van der Waals surface area contributed by atoms with Gasteiger partial charge in [0.1, 0.15) is 0 Å². The summed E-state index contributed by atoms with van der Waals surface area (Å²) in [5, 5.41) is 3.74. The molecule has 2 nitrogen and oxygen atoms in total. The van der Waals surface area contributed by atoms with E-state index in [0.29, 0.717) is 0 Å². The lowest BCUT2D eigenvalue weighted by Gasteiger charge is -2.52. The number of nitrogens with one attached hydrogen (secondary N) is 1. The molecule has 0 aromatic heterocycles. The smallest absolute Gasteiger partial charge is 0.251 e. The fourth-order valence-electron chi connectivity index (χ4n) is 4.39. The summed E-state index contributed by atoms with van der Waals surface area (Å²) in [6.45, 7) is 1.75. The van der Waals surface area contributed by atoms with Crippen molar-refractivity contribution in [2.75, 3.05) is 19.6 Å². The predicted molar refractivity (Wildman–Crippen MR) is 68.0 cm³/mol. The quantitative estimate of drug-likeness (QED) is 0.819. The molecule has 18 heavy (non-hydrogen) atoms. The van der Waals surface area contributed by atoms with Gasteiger partial charge < -0.3 is 5.32 Å². The number of hydrogen-bond acceptors (Lipinski definition) is 2. The summed E-state index contributed by atoms with van der Waals surface area (Å²) in [5.74, 6) is 0. The number of rotatable bonds is 2. The zero-order valence-electron chi connectivity index (χ0n) is 11.1. The van der Waals surface area contributed by atoms with Crippen molar-refractivity contribution in [1.82, 2.24) is 10.2 Å². The third-order valence-electron chi connectivity index (χ3n) is 5.41. The van der Waals surface area contributed by atoms with Crippen molar-refractivity contribution in [3.8, 4) is 0 Å². The van der Waals surface area contributed by atoms with Gasteiger partial charge >= 0.3 is 0 Å². The maximum Gasteiger partial charge on any atom is 0.251 e. The maximum absolute atomic E-state index is 12.9. The number of alkyl halides is 2. The molecule has 0 amide bonds. The molecule has 0 aromatic carbocycles. The Hall–Kier alpha value is -0.220. The number of halogens is 2. The number of piperazine rings is 1. The predicted octanol–water partition coefficient (Wildman–Crippen LogP) is 2.78. The van der Waals surface area contributed by atoms with Gasteiger partial charge in [0.2, 0.25) is 0 Å². The molecule has 2 saturated carbocycles. The van der Waals surface area contributed by atoms with E-state index >= 15 is 0 Å². The van der Waals surface area contributed by atoms with E-state index in [-0.39, 0.29) is 17.6 Å². The summed E-state index contributed by atoms with van der Waals surface area (Å²) in [5.41, 5.74) is 0.201. The van der Waals surface area contributed by atoms with Crippen LogP contribution in [0.4, 0.5) is 8.78 Å². The largest absolute Gasteiger partial charge is 0.308 e. The second kappa shape index (κ2) is 4.71. The average Bonchev–Trinajstić information content (AvgIpc) is 2.94. The standard InChI is InChI=1S/C14H24F2N2/c15-12(16)9-18-11-13(5-1-2-6-13)17-10-14(18)7-3-4-8-14/h12,17H,1-11H2. The number of nitrogens with zero attached hydrogens (tertiary/aromatic N) is 1. The minimum absolute atomic E-state index is 0.0244. The Bertz CT molecular complexity index is 294. The normalized spacial score (nSPS) is 30.8. The molecule has 0 atom stereocenters. The van der Waals surface area contributed by atoms with Crippen LogP contribution in [0.5, 0.6) is 0 Å². The van der Waals surface area contributed by atoms with Crippen molar-refractivity contribution in [2.24, 2.45) is 0 Å². The van der Waals surface area contributed by atoms with Gasteiger partial charge in [0, 0.05) is 24.2 Å². The topological polar surface area (TPSA) is 15.3 Å². The zero-order valence-corrected chi connectivity index (χ0v) is 11.1. The Morgan fingerprint density at radius 3 is 2.22 bits per heavy atom. The highest BCUT2D eigenvalue weighted by Crippen LogP contribution is 2.42. The summed E-state index contributed by atoms with van der Waals surface area (Å²) in [6.07, 6.45) is 7.25. The summed E-state index contributed by atoms with van der Waals surface area (Å²) in [4.78, 5) is 2.15.